The fraction of sp³-hybridized carbons (Fsp3) is 0.348. The minimum absolute atomic E-state index is 0.0444. The Kier molecular flexibility index (Phi) is 5.30. The first-order valence-electron chi connectivity index (χ1n) is 10.2. The molecule has 1 saturated carbocycles. The molecule has 156 valence electrons. The van der Waals surface area contributed by atoms with Crippen LogP contribution in [-0.2, 0) is 4.79 Å². The van der Waals surface area contributed by atoms with Crippen molar-refractivity contribution in [2.75, 3.05) is 0 Å². The van der Waals surface area contributed by atoms with Gasteiger partial charge in [0.25, 0.3) is 11.8 Å². The standard InChI is InChI=1S/C23H25N3O4/c1-23(21(29)25-22(30)26-23)19(27)16-10-6-14(7-11-16)15-8-12-17(13-9-15)20(28)24-18-4-2-3-5-18/h6-13,18-19,27H,2-5H2,1H3,(H,24,28)(H2,25,26,29,30). The Morgan fingerprint density at radius 2 is 1.60 bits per heavy atom. The summed E-state index contributed by atoms with van der Waals surface area (Å²) in [4.78, 5) is 35.8. The second kappa shape index (κ2) is 7.91. The van der Waals surface area contributed by atoms with E-state index in [-0.39, 0.29) is 11.9 Å². The molecule has 4 amide bonds. The predicted octanol–water partition coefficient (Wildman–Crippen LogP) is 2.66. The molecule has 7 heteroatoms. The maximum atomic E-state index is 12.4. The van der Waals surface area contributed by atoms with E-state index in [9.17, 15) is 19.5 Å². The molecule has 2 fully saturated rings. The molecule has 2 unspecified atom stereocenters. The number of benzene rings is 2. The minimum atomic E-state index is -1.41. The number of imide groups is 1. The topological polar surface area (TPSA) is 108 Å². The van der Waals surface area contributed by atoms with Crippen LogP contribution in [0.25, 0.3) is 11.1 Å². The molecule has 30 heavy (non-hydrogen) atoms. The maximum absolute atomic E-state index is 12.4. The molecular formula is C23H25N3O4. The largest absolute Gasteiger partial charge is 0.385 e. The van der Waals surface area contributed by atoms with E-state index in [0.717, 1.165) is 24.0 Å². The van der Waals surface area contributed by atoms with Crippen LogP contribution in [0.2, 0.25) is 0 Å². The van der Waals surface area contributed by atoms with Crippen molar-refractivity contribution in [3.8, 4) is 11.1 Å². The van der Waals surface area contributed by atoms with Crippen molar-refractivity contribution in [1.82, 2.24) is 16.0 Å². The second-order valence-corrected chi connectivity index (χ2v) is 8.17. The Bertz CT molecular complexity index is 965. The molecule has 0 radical (unpaired) electrons. The Morgan fingerprint density at radius 1 is 1.03 bits per heavy atom. The smallest absolute Gasteiger partial charge is 0.322 e. The molecule has 0 bridgehead atoms. The van der Waals surface area contributed by atoms with Gasteiger partial charge in [-0.25, -0.2) is 4.79 Å². The van der Waals surface area contributed by atoms with Gasteiger partial charge in [0.05, 0.1) is 0 Å². The van der Waals surface area contributed by atoms with Gasteiger partial charge in [-0.15, -0.1) is 0 Å². The number of urea groups is 1. The Hall–Kier alpha value is -3.19. The van der Waals surface area contributed by atoms with Crippen LogP contribution in [-0.4, -0.2) is 34.5 Å². The summed E-state index contributed by atoms with van der Waals surface area (Å²) in [7, 11) is 0. The van der Waals surface area contributed by atoms with E-state index in [1.807, 2.05) is 36.4 Å². The predicted molar refractivity (Wildman–Crippen MR) is 112 cm³/mol. The number of hydrogen-bond donors (Lipinski definition) is 4. The van der Waals surface area contributed by atoms with Gasteiger partial charge in [0, 0.05) is 11.6 Å². The third kappa shape index (κ3) is 3.80. The van der Waals surface area contributed by atoms with E-state index >= 15 is 0 Å². The van der Waals surface area contributed by atoms with Gasteiger partial charge in [-0.1, -0.05) is 49.2 Å². The van der Waals surface area contributed by atoms with Crippen molar-refractivity contribution in [2.45, 2.75) is 50.3 Å². The van der Waals surface area contributed by atoms with Gasteiger partial charge in [0.2, 0.25) is 0 Å². The van der Waals surface area contributed by atoms with E-state index in [4.69, 9.17) is 0 Å². The zero-order valence-electron chi connectivity index (χ0n) is 16.8. The van der Waals surface area contributed by atoms with E-state index in [1.165, 1.54) is 19.8 Å². The number of carbonyl (C=O) groups excluding carboxylic acids is 3. The monoisotopic (exact) mass is 407 g/mol. The molecule has 0 spiro atoms. The number of amides is 4. The van der Waals surface area contributed by atoms with Gasteiger partial charge in [-0.2, -0.15) is 0 Å². The summed E-state index contributed by atoms with van der Waals surface area (Å²) < 4.78 is 0. The molecule has 1 aliphatic heterocycles. The zero-order chi connectivity index (χ0) is 21.3. The van der Waals surface area contributed by atoms with Crippen molar-refractivity contribution in [2.24, 2.45) is 0 Å². The maximum Gasteiger partial charge on any atom is 0.322 e. The summed E-state index contributed by atoms with van der Waals surface area (Å²) in [5.74, 6) is -0.604. The fourth-order valence-corrected chi connectivity index (χ4v) is 4.09. The molecule has 4 rings (SSSR count). The minimum Gasteiger partial charge on any atom is -0.385 e. The van der Waals surface area contributed by atoms with Crippen LogP contribution in [0.4, 0.5) is 4.79 Å². The van der Waals surface area contributed by atoms with E-state index < -0.39 is 23.6 Å². The van der Waals surface area contributed by atoms with Crippen molar-refractivity contribution in [3.63, 3.8) is 0 Å². The lowest BCUT2D eigenvalue weighted by atomic mass is 9.88. The van der Waals surface area contributed by atoms with Gasteiger partial charge in [-0.05, 0) is 48.6 Å². The lowest BCUT2D eigenvalue weighted by Crippen LogP contribution is -2.49. The molecule has 7 nitrogen and oxygen atoms in total. The Balaban J connectivity index is 1.45. The molecule has 1 aliphatic carbocycles. The average molecular weight is 407 g/mol. The van der Waals surface area contributed by atoms with Crippen LogP contribution in [0.5, 0.6) is 0 Å². The highest BCUT2D eigenvalue weighted by molar-refractivity contribution is 6.07. The van der Waals surface area contributed by atoms with Crippen LogP contribution >= 0.6 is 0 Å². The van der Waals surface area contributed by atoms with Crippen LogP contribution in [0.15, 0.2) is 48.5 Å². The zero-order valence-corrected chi connectivity index (χ0v) is 16.8. The summed E-state index contributed by atoms with van der Waals surface area (Å²) in [5, 5.41) is 18.3. The molecule has 2 aromatic carbocycles. The SMILES string of the molecule is CC1(C(O)c2ccc(-c3ccc(C(=O)NC4CCCC4)cc3)cc2)NC(=O)NC1=O. The van der Waals surface area contributed by atoms with Crippen LogP contribution < -0.4 is 16.0 Å². The third-order valence-corrected chi connectivity index (χ3v) is 6.02. The summed E-state index contributed by atoms with van der Waals surface area (Å²) in [6.45, 7) is 1.49. The lowest BCUT2D eigenvalue weighted by molar-refractivity contribution is -0.127. The van der Waals surface area contributed by atoms with Gasteiger partial charge in [0.1, 0.15) is 11.6 Å². The Labute approximate surface area is 174 Å². The highest BCUT2D eigenvalue weighted by Gasteiger charge is 2.48. The number of carbonyl (C=O) groups is 3. The fourth-order valence-electron chi connectivity index (χ4n) is 4.09. The molecule has 2 aliphatic rings. The van der Waals surface area contributed by atoms with Gasteiger partial charge in [-0.3, -0.25) is 14.9 Å². The number of hydrogen-bond acceptors (Lipinski definition) is 4. The number of rotatable bonds is 5. The highest BCUT2D eigenvalue weighted by atomic mass is 16.3. The van der Waals surface area contributed by atoms with Gasteiger partial charge in [0.15, 0.2) is 0 Å². The quantitative estimate of drug-likeness (QED) is 0.572. The van der Waals surface area contributed by atoms with Crippen LogP contribution in [0, 0.1) is 0 Å². The van der Waals surface area contributed by atoms with Crippen LogP contribution in [0.1, 0.15) is 54.6 Å². The summed E-state index contributed by atoms with van der Waals surface area (Å²) in [6.07, 6.45) is 3.26. The first-order valence-corrected chi connectivity index (χ1v) is 10.2. The van der Waals surface area contributed by atoms with E-state index in [2.05, 4.69) is 16.0 Å². The third-order valence-electron chi connectivity index (χ3n) is 6.02. The number of aliphatic hydroxyl groups is 1. The van der Waals surface area contributed by atoms with Gasteiger partial charge >= 0.3 is 6.03 Å². The van der Waals surface area contributed by atoms with Crippen LogP contribution in [0.3, 0.4) is 0 Å². The van der Waals surface area contributed by atoms with Gasteiger partial charge < -0.3 is 15.7 Å². The molecule has 0 aromatic heterocycles. The first kappa shape index (κ1) is 20.1. The molecule has 1 heterocycles. The molecule has 1 saturated heterocycles. The summed E-state index contributed by atoms with van der Waals surface area (Å²) in [6, 6.07) is 14.2. The van der Waals surface area contributed by atoms with Crippen molar-refractivity contribution in [3.05, 3.63) is 59.7 Å². The molecular weight excluding hydrogens is 382 g/mol. The first-order chi connectivity index (χ1) is 14.4. The van der Waals surface area contributed by atoms with Crippen molar-refractivity contribution >= 4 is 17.8 Å². The normalized spacial score (nSPS) is 22.5. The van der Waals surface area contributed by atoms with Crippen molar-refractivity contribution in [1.29, 1.82) is 0 Å². The lowest BCUT2D eigenvalue weighted by Gasteiger charge is -2.27. The summed E-state index contributed by atoms with van der Waals surface area (Å²) in [5.41, 5.74) is 1.59. The molecule has 2 aromatic rings. The molecule has 2 atom stereocenters. The molecule has 4 N–H and O–H groups in total. The average Bonchev–Trinajstić information content (AvgIpc) is 3.35. The Morgan fingerprint density at radius 3 is 2.13 bits per heavy atom. The summed E-state index contributed by atoms with van der Waals surface area (Å²) >= 11 is 0. The van der Waals surface area contributed by atoms with E-state index in [1.54, 1.807) is 12.1 Å². The number of aliphatic hydroxyl groups excluding tert-OH is 1. The highest BCUT2D eigenvalue weighted by Crippen LogP contribution is 2.30. The number of nitrogens with one attached hydrogen (secondary N) is 3. The second-order valence-electron chi connectivity index (χ2n) is 8.17. The van der Waals surface area contributed by atoms with E-state index in [0.29, 0.717) is 11.1 Å². The van der Waals surface area contributed by atoms with Crippen molar-refractivity contribution < 1.29 is 19.5 Å².